The van der Waals surface area contributed by atoms with Gasteiger partial charge in [0.2, 0.25) is 5.91 Å². The minimum Gasteiger partial charge on any atom is -0.369 e. The van der Waals surface area contributed by atoms with Gasteiger partial charge in [0.1, 0.15) is 0 Å². The molecular formula is C18H32N6OS. The first kappa shape index (κ1) is 20.6. The van der Waals surface area contributed by atoms with Crippen molar-refractivity contribution in [3.8, 4) is 0 Å². The zero-order chi connectivity index (χ0) is 18.8. The van der Waals surface area contributed by atoms with Crippen molar-refractivity contribution < 1.29 is 4.79 Å². The molecule has 1 amide bonds. The van der Waals surface area contributed by atoms with Gasteiger partial charge in [-0.15, -0.1) is 11.3 Å². The van der Waals surface area contributed by atoms with E-state index in [1.165, 1.54) is 9.88 Å². The lowest BCUT2D eigenvalue weighted by Gasteiger charge is -2.31. The lowest BCUT2D eigenvalue weighted by Crippen LogP contribution is -2.43. The third kappa shape index (κ3) is 6.92. The van der Waals surface area contributed by atoms with E-state index < -0.39 is 0 Å². The molecule has 0 bridgehead atoms. The fraction of sp³-hybridized carbons (Fsp3) is 0.722. The van der Waals surface area contributed by atoms with Gasteiger partial charge in [-0.1, -0.05) is 6.92 Å². The molecule has 1 saturated heterocycles. The van der Waals surface area contributed by atoms with E-state index in [0.29, 0.717) is 0 Å². The molecular weight excluding hydrogens is 348 g/mol. The second kappa shape index (κ2) is 11.1. The van der Waals surface area contributed by atoms with E-state index >= 15 is 0 Å². The molecule has 1 atom stereocenters. The zero-order valence-corrected chi connectivity index (χ0v) is 16.8. The number of hydrogen-bond acceptors (Lipinski definition) is 5. The number of carbonyl (C=O) groups excluding carboxylic acids is 1. The summed E-state index contributed by atoms with van der Waals surface area (Å²) in [7, 11) is 1.79. The first-order valence-electron chi connectivity index (χ1n) is 9.52. The average molecular weight is 381 g/mol. The van der Waals surface area contributed by atoms with Gasteiger partial charge in [0.25, 0.3) is 0 Å². The van der Waals surface area contributed by atoms with Crippen molar-refractivity contribution in [3.63, 3.8) is 0 Å². The summed E-state index contributed by atoms with van der Waals surface area (Å²) in [5.74, 6) is 0.680. The van der Waals surface area contributed by atoms with Crippen LogP contribution < -0.4 is 16.4 Å². The Morgan fingerprint density at radius 3 is 2.96 bits per heavy atom. The number of nitrogens with two attached hydrogens (primary N) is 1. The molecule has 1 aliphatic rings. The van der Waals surface area contributed by atoms with Crippen molar-refractivity contribution in [2.24, 2.45) is 16.6 Å². The molecule has 0 spiro atoms. The van der Waals surface area contributed by atoms with Crippen molar-refractivity contribution in [3.05, 3.63) is 16.1 Å². The maximum atomic E-state index is 11.3. The lowest BCUT2D eigenvalue weighted by molar-refractivity contribution is -0.123. The van der Waals surface area contributed by atoms with Gasteiger partial charge in [-0.25, -0.2) is 4.98 Å². The normalized spacial score (nSPS) is 18.7. The third-order valence-corrected chi connectivity index (χ3v) is 5.86. The van der Waals surface area contributed by atoms with Gasteiger partial charge >= 0.3 is 0 Å². The summed E-state index contributed by atoms with van der Waals surface area (Å²) in [5.41, 5.74) is 5.43. The number of nitrogens with zero attached hydrogens (tertiary/aromatic N) is 3. The Morgan fingerprint density at radius 1 is 1.46 bits per heavy atom. The number of rotatable bonds is 9. The standard InChI is InChI=1S/C18H32N6OS/c1-3-15-12-23-16(26-15)7-9-22-18(20-2)21-8-5-11-24-10-4-6-14(13-24)17(19)25/h12,14H,3-11,13H2,1-2H3,(H2,19,25)(H2,20,21,22). The zero-order valence-electron chi connectivity index (χ0n) is 16.0. The number of nitrogens with one attached hydrogen (secondary N) is 2. The summed E-state index contributed by atoms with van der Waals surface area (Å²) >= 11 is 1.78. The molecule has 0 radical (unpaired) electrons. The summed E-state index contributed by atoms with van der Waals surface area (Å²) in [6.45, 7) is 6.67. The Bertz CT molecular complexity index is 588. The molecule has 0 saturated carbocycles. The number of hydrogen-bond donors (Lipinski definition) is 3. The van der Waals surface area contributed by atoms with E-state index in [4.69, 9.17) is 5.73 Å². The topological polar surface area (TPSA) is 95.6 Å². The molecule has 4 N–H and O–H groups in total. The molecule has 1 aromatic rings. The number of guanidine groups is 1. The molecule has 1 unspecified atom stereocenters. The lowest BCUT2D eigenvalue weighted by atomic mass is 9.97. The minimum absolute atomic E-state index is 0.0187. The van der Waals surface area contributed by atoms with Gasteiger partial charge in [-0.05, 0) is 38.8 Å². The number of aliphatic imine (C=N–C) groups is 1. The predicted molar refractivity (Wildman–Crippen MR) is 108 cm³/mol. The van der Waals surface area contributed by atoms with E-state index in [1.807, 2.05) is 6.20 Å². The van der Waals surface area contributed by atoms with Crippen LogP contribution >= 0.6 is 11.3 Å². The molecule has 1 aromatic heterocycles. The first-order valence-corrected chi connectivity index (χ1v) is 10.3. The number of amides is 1. The Labute approximate surface area is 160 Å². The maximum absolute atomic E-state index is 11.3. The highest BCUT2D eigenvalue weighted by atomic mass is 32.1. The number of thiazole rings is 1. The largest absolute Gasteiger partial charge is 0.369 e. The van der Waals surface area contributed by atoms with Crippen molar-refractivity contribution in [1.82, 2.24) is 20.5 Å². The van der Waals surface area contributed by atoms with Crippen LogP contribution in [0.1, 0.15) is 36.1 Å². The first-order chi connectivity index (χ1) is 12.6. The molecule has 7 nitrogen and oxygen atoms in total. The number of piperidine rings is 1. The van der Waals surface area contributed by atoms with Gasteiger partial charge in [0, 0.05) is 44.2 Å². The van der Waals surface area contributed by atoms with E-state index in [1.54, 1.807) is 18.4 Å². The fourth-order valence-corrected chi connectivity index (χ4v) is 4.00. The van der Waals surface area contributed by atoms with Gasteiger partial charge in [0.05, 0.1) is 10.9 Å². The van der Waals surface area contributed by atoms with E-state index in [-0.39, 0.29) is 11.8 Å². The van der Waals surface area contributed by atoms with E-state index in [2.05, 4.69) is 32.4 Å². The fourth-order valence-electron chi connectivity index (χ4n) is 3.14. The van der Waals surface area contributed by atoms with Crippen LogP contribution in [0.3, 0.4) is 0 Å². The van der Waals surface area contributed by atoms with Gasteiger partial charge < -0.3 is 21.3 Å². The molecule has 146 valence electrons. The smallest absolute Gasteiger partial charge is 0.221 e. The SMILES string of the molecule is CCc1cnc(CCNC(=NC)NCCCN2CCCC(C(N)=O)C2)s1. The van der Waals surface area contributed by atoms with Crippen LogP contribution in [-0.2, 0) is 17.6 Å². The number of likely N-dealkylation sites (tertiary alicyclic amines) is 1. The highest BCUT2D eigenvalue weighted by molar-refractivity contribution is 7.11. The highest BCUT2D eigenvalue weighted by Gasteiger charge is 2.23. The second-order valence-corrected chi connectivity index (χ2v) is 7.85. The Kier molecular flexibility index (Phi) is 8.84. The minimum atomic E-state index is -0.163. The molecule has 1 fully saturated rings. The molecule has 1 aliphatic heterocycles. The number of aryl methyl sites for hydroxylation is 1. The van der Waals surface area contributed by atoms with Crippen molar-refractivity contribution in [2.75, 3.05) is 39.8 Å². The summed E-state index contributed by atoms with van der Waals surface area (Å²) < 4.78 is 0. The summed E-state index contributed by atoms with van der Waals surface area (Å²) in [4.78, 5) is 23.7. The predicted octanol–water partition coefficient (Wildman–Crippen LogP) is 1.00. The van der Waals surface area contributed by atoms with Crippen LogP contribution in [-0.4, -0.2) is 61.5 Å². The van der Waals surface area contributed by atoms with Crippen LogP contribution in [0, 0.1) is 5.92 Å². The molecule has 0 aliphatic carbocycles. The molecule has 0 aromatic carbocycles. The second-order valence-electron chi connectivity index (χ2n) is 6.65. The van der Waals surface area contributed by atoms with Crippen LogP contribution in [0.25, 0.3) is 0 Å². The van der Waals surface area contributed by atoms with Gasteiger partial charge in [-0.3, -0.25) is 9.79 Å². The maximum Gasteiger partial charge on any atom is 0.221 e. The Balaban J connectivity index is 1.59. The number of primary amides is 1. The van der Waals surface area contributed by atoms with Gasteiger partial charge in [-0.2, -0.15) is 0 Å². The van der Waals surface area contributed by atoms with Crippen LogP contribution in [0.15, 0.2) is 11.2 Å². The average Bonchev–Trinajstić information content (AvgIpc) is 3.12. The van der Waals surface area contributed by atoms with E-state index in [9.17, 15) is 4.79 Å². The quantitative estimate of drug-likeness (QED) is 0.337. The third-order valence-electron chi connectivity index (χ3n) is 4.66. The van der Waals surface area contributed by atoms with Crippen molar-refractivity contribution in [2.45, 2.75) is 39.0 Å². The van der Waals surface area contributed by atoms with Crippen molar-refractivity contribution in [1.29, 1.82) is 0 Å². The monoisotopic (exact) mass is 380 g/mol. The molecule has 26 heavy (non-hydrogen) atoms. The van der Waals surface area contributed by atoms with Crippen molar-refractivity contribution >= 4 is 23.2 Å². The summed E-state index contributed by atoms with van der Waals surface area (Å²) in [6, 6.07) is 0. The Morgan fingerprint density at radius 2 is 2.27 bits per heavy atom. The number of carbonyl (C=O) groups is 1. The van der Waals surface area contributed by atoms with Crippen LogP contribution in [0.5, 0.6) is 0 Å². The van der Waals surface area contributed by atoms with E-state index in [0.717, 1.165) is 70.8 Å². The van der Waals surface area contributed by atoms with Crippen LogP contribution in [0.4, 0.5) is 0 Å². The molecule has 8 heteroatoms. The molecule has 2 rings (SSSR count). The Hall–Kier alpha value is -1.67. The number of aromatic nitrogens is 1. The van der Waals surface area contributed by atoms with Crippen LogP contribution in [0.2, 0.25) is 0 Å². The molecule has 2 heterocycles. The summed E-state index contributed by atoms with van der Waals surface area (Å²) in [5, 5.41) is 7.85. The summed E-state index contributed by atoms with van der Waals surface area (Å²) in [6.07, 6.45) is 6.93. The highest BCUT2D eigenvalue weighted by Crippen LogP contribution is 2.16. The van der Waals surface area contributed by atoms with Gasteiger partial charge in [0.15, 0.2) is 5.96 Å².